The molecule has 0 aliphatic heterocycles. The van der Waals surface area contributed by atoms with Crippen molar-refractivity contribution in [2.24, 2.45) is 0 Å². The van der Waals surface area contributed by atoms with Gasteiger partial charge in [-0.3, -0.25) is 4.79 Å². The van der Waals surface area contributed by atoms with E-state index in [1.54, 1.807) is 13.0 Å². The van der Waals surface area contributed by atoms with Gasteiger partial charge in [-0.1, -0.05) is 39.3 Å². The quantitative estimate of drug-likeness (QED) is 0.947. The van der Waals surface area contributed by atoms with Gasteiger partial charge in [-0.05, 0) is 25.5 Å². The van der Waals surface area contributed by atoms with Crippen molar-refractivity contribution in [3.63, 3.8) is 0 Å². The molecule has 0 saturated carbocycles. The highest BCUT2D eigenvalue weighted by molar-refractivity contribution is 9.10. The Balaban J connectivity index is 2.10. The van der Waals surface area contributed by atoms with Crippen LogP contribution in [0.5, 0.6) is 0 Å². The number of carbonyl (C=O) groups excluding carboxylic acids is 1. The average Bonchev–Trinajstić information content (AvgIpc) is 2.76. The summed E-state index contributed by atoms with van der Waals surface area (Å²) >= 11 is 3.46. The summed E-state index contributed by atoms with van der Waals surface area (Å²) in [6.07, 6.45) is 0. The maximum Gasteiger partial charge on any atom is 0.273 e. The molecular formula is C13H13BrN2O2. The third-order valence-corrected chi connectivity index (χ3v) is 3.30. The molecule has 1 amide bonds. The number of benzene rings is 1. The minimum absolute atomic E-state index is 0.106. The molecule has 5 heteroatoms. The zero-order valence-corrected chi connectivity index (χ0v) is 11.7. The van der Waals surface area contributed by atoms with Crippen molar-refractivity contribution in [2.45, 2.75) is 19.9 Å². The van der Waals surface area contributed by atoms with Crippen LogP contribution in [-0.4, -0.2) is 11.1 Å². The molecule has 94 valence electrons. The van der Waals surface area contributed by atoms with E-state index in [-0.39, 0.29) is 11.9 Å². The minimum atomic E-state index is -0.241. The Kier molecular flexibility index (Phi) is 3.81. The molecule has 0 aliphatic rings. The van der Waals surface area contributed by atoms with Gasteiger partial charge in [-0.15, -0.1) is 0 Å². The number of carbonyl (C=O) groups is 1. The molecule has 0 radical (unpaired) electrons. The van der Waals surface area contributed by atoms with Gasteiger partial charge in [0, 0.05) is 10.5 Å². The summed E-state index contributed by atoms with van der Waals surface area (Å²) in [5.41, 5.74) is 1.32. The van der Waals surface area contributed by atoms with Crippen LogP contribution in [0.1, 0.15) is 34.8 Å². The average molecular weight is 309 g/mol. The smallest absolute Gasteiger partial charge is 0.273 e. The zero-order valence-electron chi connectivity index (χ0n) is 10.1. The first-order valence-corrected chi connectivity index (χ1v) is 6.36. The first-order chi connectivity index (χ1) is 8.58. The molecule has 1 unspecified atom stereocenters. The van der Waals surface area contributed by atoms with Crippen molar-refractivity contribution in [3.8, 4) is 0 Å². The first kappa shape index (κ1) is 12.8. The molecule has 2 aromatic rings. The highest BCUT2D eigenvalue weighted by Gasteiger charge is 2.15. The van der Waals surface area contributed by atoms with Crippen LogP contribution >= 0.6 is 15.9 Å². The molecular weight excluding hydrogens is 296 g/mol. The summed E-state index contributed by atoms with van der Waals surface area (Å²) in [6, 6.07) is 9.28. The monoisotopic (exact) mass is 308 g/mol. The van der Waals surface area contributed by atoms with E-state index in [1.807, 2.05) is 31.2 Å². The van der Waals surface area contributed by atoms with E-state index >= 15 is 0 Å². The molecule has 1 aromatic carbocycles. The fourth-order valence-corrected chi connectivity index (χ4v) is 2.28. The Hall–Kier alpha value is -1.62. The summed E-state index contributed by atoms with van der Waals surface area (Å²) in [5.74, 6) is 0.379. The highest BCUT2D eigenvalue weighted by atomic mass is 79.9. The molecule has 0 bridgehead atoms. The third-order valence-electron chi connectivity index (χ3n) is 2.58. The molecule has 1 N–H and O–H groups in total. The van der Waals surface area contributed by atoms with Gasteiger partial charge in [0.15, 0.2) is 5.69 Å². The molecule has 0 spiro atoms. The summed E-state index contributed by atoms with van der Waals surface area (Å²) in [7, 11) is 0. The van der Waals surface area contributed by atoms with Crippen molar-refractivity contribution in [1.29, 1.82) is 0 Å². The predicted octanol–water partition coefficient (Wildman–Crippen LogP) is 3.24. The van der Waals surface area contributed by atoms with Gasteiger partial charge in [0.1, 0.15) is 5.76 Å². The van der Waals surface area contributed by atoms with Gasteiger partial charge >= 0.3 is 0 Å². The number of hydrogen-bond donors (Lipinski definition) is 1. The first-order valence-electron chi connectivity index (χ1n) is 5.56. The van der Waals surface area contributed by atoms with Crippen molar-refractivity contribution in [2.75, 3.05) is 0 Å². The van der Waals surface area contributed by atoms with Crippen LogP contribution in [0.3, 0.4) is 0 Å². The van der Waals surface area contributed by atoms with Crippen LogP contribution < -0.4 is 5.32 Å². The molecule has 1 heterocycles. The summed E-state index contributed by atoms with van der Waals surface area (Å²) < 4.78 is 5.84. The normalized spacial score (nSPS) is 12.2. The third kappa shape index (κ3) is 2.79. The Morgan fingerprint density at radius 2 is 2.17 bits per heavy atom. The van der Waals surface area contributed by atoms with Crippen LogP contribution in [0.15, 0.2) is 39.3 Å². The topological polar surface area (TPSA) is 55.1 Å². The van der Waals surface area contributed by atoms with Crippen molar-refractivity contribution < 1.29 is 9.32 Å². The van der Waals surface area contributed by atoms with Crippen LogP contribution in [0.2, 0.25) is 0 Å². The van der Waals surface area contributed by atoms with Gasteiger partial charge < -0.3 is 9.84 Å². The maximum absolute atomic E-state index is 11.9. The Morgan fingerprint density at radius 3 is 2.78 bits per heavy atom. The van der Waals surface area contributed by atoms with Crippen molar-refractivity contribution in [3.05, 3.63) is 51.8 Å². The van der Waals surface area contributed by atoms with Crippen LogP contribution in [0, 0.1) is 6.92 Å². The SMILES string of the molecule is Cc1cc(C(=O)NC(C)c2ccccc2Br)no1. The van der Waals surface area contributed by atoms with Gasteiger partial charge in [-0.25, -0.2) is 0 Å². The van der Waals surface area contributed by atoms with Gasteiger partial charge in [0.05, 0.1) is 6.04 Å². The van der Waals surface area contributed by atoms with E-state index < -0.39 is 0 Å². The van der Waals surface area contributed by atoms with Crippen molar-refractivity contribution >= 4 is 21.8 Å². The molecule has 18 heavy (non-hydrogen) atoms. The summed E-state index contributed by atoms with van der Waals surface area (Å²) in [4.78, 5) is 11.9. The molecule has 4 nitrogen and oxygen atoms in total. The number of halogens is 1. The Bertz CT molecular complexity index is 566. The Labute approximate surface area is 113 Å². The molecule has 1 aromatic heterocycles. The fraction of sp³-hybridized carbons (Fsp3) is 0.231. The van der Waals surface area contributed by atoms with Gasteiger partial charge in [0.2, 0.25) is 0 Å². The molecule has 0 aliphatic carbocycles. The lowest BCUT2D eigenvalue weighted by atomic mass is 10.1. The minimum Gasteiger partial charge on any atom is -0.361 e. The number of nitrogens with zero attached hydrogens (tertiary/aromatic N) is 1. The standard InChI is InChI=1S/C13H13BrN2O2/c1-8-7-12(16-18-8)13(17)15-9(2)10-5-3-4-6-11(10)14/h3-7,9H,1-2H3,(H,15,17). The number of nitrogens with one attached hydrogen (secondary N) is 1. The van der Waals surface area contributed by atoms with E-state index in [4.69, 9.17) is 4.52 Å². The van der Waals surface area contributed by atoms with E-state index in [2.05, 4.69) is 26.4 Å². The van der Waals surface area contributed by atoms with E-state index in [9.17, 15) is 4.79 Å². The number of hydrogen-bond acceptors (Lipinski definition) is 3. The lowest BCUT2D eigenvalue weighted by molar-refractivity contribution is 0.0930. The maximum atomic E-state index is 11.9. The highest BCUT2D eigenvalue weighted by Crippen LogP contribution is 2.22. The lowest BCUT2D eigenvalue weighted by Gasteiger charge is -2.14. The second kappa shape index (κ2) is 5.35. The van der Waals surface area contributed by atoms with E-state index in [0.29, 0.717) is 11.5 Å². The van der Waals surface area contributed by atoms with E-state index in [1.165, 1.54) is 0 Å². The number of amides is 1. The molecule has 1 atom stereocenters. The van der Waals surface area contributed by atoms with Gasteiger partial charge in [0.25, 0.3) is 5.91 Å². The van der Waals surface area contributed by atoms with E-state index in [0.717, 1.165) is 10.0 Å². The second-order valence-corrected chi connectivity index (χ2v) is 4.89. The largest absolute Gasteiger partial charge is 0.361 e. The predicted molar refractivity (Wildman–Crippen MR) is 71.3 cm³/mol. The zero-order chi connectivity index (χ0) is 13.1. The molecule has 0 fully saturated rings. The fourth-order valence-electron chi connectivity index (χ4n) is 1.65. The summed E-state index contributed by atoms with van der Waals surface area (Å²) in [5, 5.41) is 6.56. The molecule has 2 rings (SSSR count). The lowest BCUT2D eigenvalue weighted by Crippen LogP contribution is -2.27. The van der Waals surface area contributed by atoms with Crippen LogP contribution in [0.4, 0.5) is 0 Å². The Morgan fingerprint density at radius 1 is 1.44 bits per heavy atom. The number of aromatic nitrogens is 1. The van der Waals surface area contributed by atoms with Crippen molar-refractivity contribution in [1.82, 2.24) is 10.5 Å². The second-order valence-electron chi connectivity index (χ2n) is 4.04. The van der Waals surface area contributed by atoms with Crippen LogP contribution in [-0.2, 0) is 0 Å². The van der Waals surface area contributed by atoms with Gasteiger partial charge in [-0.2, -0.15) is 0 Å². The number of rotatable bonds is 3. The number of aryl methyl sites for hydroxylation is 1. The van der Waals surface area contributed by atoms with Crippen LogP contribution in [0.25, 0.3) is 0 Å². The molecule has 0 saturated heterocycles. The summed E-state index contributed by atoms with van der Waals surface area (Å²) in [6.45, 7) is 3.67.